The third kappa shape index (κ3) is 3.39. The van der Waals surface area contributed by atoms with E-state index < -0.39 is 0 Å². The molecule has 16 heavy (non-hydrogen) atoms. The minimum absolute atomic E-state index is 0.479. The lowest BCUT2D eigenvalue weighted by Crippen LogP contribution is -2.42. The van der Waals surface area contributed by atoms with Crippen LogP contribution in [0, 0.1) is 11.5 Å². The Morgan fingerprint density at radius 2 is 2.31 bits per heavy atom. The Morgan fingerprint density at radius 1 is 1.56 bits per heavy atom. The van der Waals surface area contributed by atoms with Crippen LogP contribution in [0.4, 0.5) is 0 Å². The van der Waals surface area contributed by atoms with Gasteiger partial charge in [0.25, 0.3) is 0 Å². The predicted molar refractivity (Wildman–Crippen MR) is 69.5 cm³/mol. The van der Waals surface area contributed by atoms with Crippen LogP contribution in [0.25, 0.3) is 0 Å². The molecule has 4 nitrogen and oxygen atoms in total. The lowest BCUT2D eigenvalue weighted by atomic mass is 10.2. The second-order valence-corrected chi connectivity index (χ2v) is 4.84. The zero-order chi connectivity index (χ0) is 12.0. The second kappa shape index (κ2) is 6.77. The summed E-state index contributed by atoms with van der Waals surface area (Å²) in [6.45, 7) is 5.38. The number of hydrogen-bond donors (Lipinski definition) is 0. The van der Waals surface area contributed by atoms with Gasteiger partial charge in [-0.2, -0.15) is 5.26 Å². The van der Waals surface area contributed by atoms with Gasteiger partial charge in [-0.3, -0.25) is 0 Å². The average Bonchev–Trinajstić information content (AvgIpc) is 2.47. The zero-order valence-corrected chi connectivity index (χ0v) is 11.1. The minimum Gasteiger partial charge on any atom is -0.346 e. The number of amidine groups is 1. The molecule has 1 aliphatic heterocycles. The number of nitriles is 1. The summed E-state index contributed by atoms with van der Waals surface area (Å²) < 4.78 is 0. The van der Waals surface area contributed by atoms with Gasteiger partial charge in [0.05, 0.1) is 0 Å². The van der Waals surface area contributed by atoms with E-state index >= 15 is 0 Å². The number of rotatable bonds is 1. The van der Waals surface area contributed by atoms with Crippen molar-refractivity contribution in [1.29, 1.82) is 5.26 Å². The van der Waals surface area contributed by atoms with Crippen molar-refractivity contribution in [3.05, 3.63) is 0 Å². The van der Waals surface area contributed by atoms with E-state index in [1.807, 2.05) is 12.4 Å². The van der Waals surface area contributed by atoms with Crippen LogP contribution in [0.2, 0.25) is 0 Å². The van der Waals surface area contributed by atoms with Crippen molar-refractivity contribution in [3.8, 4) is 6.19 Å². The maximum atomic E-state index is 8.69. The van der Waals surface area contributed by atoms with Crippen LogP contribution in [-0.2, 0) is 0 Å². The molecule has 0 aromatic rings. The second-order valence-electron chi connectivity index (χ2n) is 4.07. The molecule has 1 rings (SSSR count). The Hall–Kier alpha value is -0.730. The van der Waals surface area contributed by atoms with Crippen molar-refractivity contribution in [3.63, 3.8) is 0 Å². The first-order chi connectivity index (χ1) is 7.72. The molecule has 1 fully saturated rings. The van der Waals surface area contributed by atoms with Crippen LogP contribution < -0.4 is 0 Å². The molecule has 1 heterocycles. The molecule has 1 saturated heterocycles. The van der Waals surface area contributed by atoms with Gasteiger partial charge in [-0.05, 0) is 32.7 Å². The van der Waals surface area contributed by atoms with Crippen LogP contribution in [0.5, 0.6) is 0 Å². The van der Waals surface area contributed by atoms with E-state index in [1.54, 1.807) is 11.8 Å². The van der Waals surface area contributed by atoms with Gasteiger partial charge in [-0.25, -0.2) is 0 Å². The Bertz CT molecular complexity index is 284. The van der Waals surface area contributed by atoms with Crippen molar-refractivity contribution >= 4 is 16.9 Å². The van der Waals surface area contributed by atoms with Gasteiger partial charge in [0.15, 0.2) is 5.17 Å². The van der Waals surface area contributed by atoms with Crippen molar-refractivity contribution in [2.45, 2.75) is 25.8 Å². The number of likely N-dealkylation sites (N-methyl/N-ethyl adjacent to an activating group) is 1. The molecule has 1 atom stereocenters. The van der Waals surface area contributed by atoms with Crippen LogP contribution >= 0.6 is 11.8 Å². The monoisotopic (exact) mass is 240 g/mol. The summed E-state index contributed by atoms with van der Waals surface area (Å²) in [6, 6.07) is 0.479. The lowest BCUT2D eigenvalue weighted by Gasteiger charge is -2.31. The van der Waals surface area contributed by atoms with E-state index in [4.69, 9.17) is 5.26 Å². The van der Waals surface area contributed by atoms with Gasteiger partial charge in [-0.15, -0.1) is 4.99 Å². The van der Waals surface area contributed by atoms with Crippen molar-refractivity contribution in [2.75, 3.05) is 32.9 Å². The summed E-state index contributed by atoms with van der Waals surface area (Å²) >= 11 is 1.57. The van der Waals surface area contributed by atoms with Gasteiger partial charge in [0, 0.05) is 19.1 Å². The van der Waals surface area contributed by atoms with Crippen molar-refractivity contribution < 1.29 is 0 Å². The average molecular weight is 240 g/mol. The van der Waals surface area contributed by atoms with E-state index in [9.17, 15) is 0 Å². The van der Waals surface area contributed by atoms with Gasteiger partial charge in [0.1, 0.15) is 0 Å². The molecule has 0 bridgehead atoms. The molecule has 1 unspecified atom stereocenters. The summed E-state index contributed by atoms with van der Waals surface area (Å²) in [6.07, 6.45) is 6.12. The first-order valence-corrected chi connectivity index (χ1v) is 6.91. The summed E-state index contributed by atoms with van der Waals surface area (Å²) in [4.78, 5) is 8.57. The van der Waals surface area contributed by atoms with E-state index in [2.05, 4.69) is 28.8 Å². The molecule has 5 heteroatoms. The third-order valence-corrected chi connectivity index (χ3v) is 3.64. The molecule has 0 amide bonds. The smallest absolute Gasteiger partial charge is 0.208 e. The highest BCUT2D eigenvalue weighted by Crippen LogP contribution is 2.17. The van der Waals surface area contributed by atoms with Crippen LogP contribution in [0.3, 0.4) is 0 Å². The van der Waals surface area contributed by atoms with E-state index in [-0.39, 0.29) is 0 Å². The third-order valence-electron chi connectivity index (χ3n) is 2.95. The quantitative estimate of drug-likeness (QED) is 0.397. The largest absolute Gasteiger partial charge is 0.346 e. The Morgan fingerprint density at radius 3 is 2.88 bits per heavy atom. The van der Waals surface area contributed by atoms with Crippen molar-refractivity contribution in [2.24, 2.45) is 4.99 Å². The molecule has 0 spiro atoms. The Kier molecular flexibility index (Phi) is 5.64. The molecular weight excluding hydrogens is 220 g/mol. The van der Waals surface area contributed by atoms with Crippen LogP contribution in [-0.4, -0.2) is 53.9 Å². The van der Waals surface area contributed by atoms with Gasteiger partial charge in [-0.1, -0.05) is 18.7 Å². The van der Waals surface area contributed by atoms with Gasteiger partial charge >= 0.3 is 0 Å². The highest BCUT2D eigenvalue weighted by atomic mass is 32.2. The van der Waals surface area contributed by atoms with E-state index in [0.717, 1.165) is 37.6 Å². The van der Waals surface area contributed by atoms with E-state index in [1.165, 1.54) is 0 Å². The molecule has 0 aliphatic carbocycles. The zero-order valence-electron chi connectivity index (χ0n) is 10.3. The molecule has 0 N–H and O–H groups in total. The molecule has 0 saturated carbocycles. The summed E-state index contributed by atoms with van der Waals surface area (Å²) in [5.41, 5.74) is 0. The highest BCUT2D eigenvalue weighted by molar-refractivity contribution is 8.13. The number of nitrogens with zero attached hydrogens (tertiary/aromatic N) is 4. The maximum absolute atomic E-state index is 8.69. The molecule has 0 aromatic heterocycles. The topological polar surface area (TPSA) is 42.6 Å². The molecule has 0 radical (unpaired) electrons. The first kappa shape index (κ1) is 13.3. The Labute approximate surface area is 102 Å². The standard InChI is InChI=1S/C11H20N4S/c1-4-10-8-14(2)6-5-7-15(10)11(16-3)13-9-12/h10H,4-8H2,1-3H3. The van der Waals surface area contributed by atoms with Gasteiger partial charge in [0.2, 0.25) is 6.19 Å². The summed E-state index contributed by atoms with van der Waals surface area (Å²) in [5.74, 6) is 0. The SMILES string of the molecule is CCC1CN(C)CCCN1C(=NC#N)SC. The lowest BCUT2D eigenvalue weighted by molar-refractivity contribution is 0.267. The van der Waals surface area contributed by atoms with E-state index in [0.29, 0.717) is 6.04 Å². The number of aliphatic imine (C=N–C) groups is 1. The molecule has 1 aliphatic rings. The first-order valence-electron chi connectivity index (χ1n) is 5.68. The van der Waals surface area contributed by atoms with Crippen LogP contribution in [0.1, 0.15) is 19.8 Å². The predicted octanol–water partition coefficient (Wildman–Crippen LogP) is 1.60. The molecule has 90 valence electrons. The normalized spacial score (nSPS) is 24.0. The fourth-order valence-electron chi connectivity index (χ4n) is 2.11. The number of thioether (sulfide) groups is 1. The summed E-state index contributed by atoms with van der Waals surface area (Å²) in [5, 5.41) is 9.56. The number of hydrogen-bond acceptors (Lipinski definition) is 4. The fraction of sp³-hybridized carbons (Fsp3) is 0.818. The highest BCUT2D eigenvalue weighted by Gasteiger charge is 2.24. The molecular formula is C11H20N4S. The summed E-state index contributed by atoms with van der Waals surface area (Å²) in [7, 11) is 2.16. The minimum atomic E-state index is 0.479. The van der Waals surface area contributed by atoms with Crippen LogP contribution in [0.15, 0.2) is 4.99 Å². The maximum Gasteiger partial charge on any atom is 0.208 e. The van der Waals surface area contributed by atoms with Gasteiger partial charge < -0.3 is 9.80 Å². The molecule has 0 aromatic carbocycles. The van der Waals surface area contributed by atoms with Crippen molar-refractivity contribution in [1.82, 2.24) is 9.80 Å². The Balaban J connectivity index is 2.82. The fourth-order valence-corrected chi connectivity index (χ4v) is 2.72.